The molecule has 3 aromatic rings. The lowest BCUT2D eigenvalue weighted by molar-refractivity contribution is 0.850. The van der Waals surface area contributed by atoms with Crippen LogP contribution in [-0.2, 0) is 6.54 Å². The van der Waals surface area contributed by atoms with Gasteiger partial charge in [-0.25, -0.2) is 0 Å². The van der Waals surface area contributed by atoms with Gasteiger partial charge in [-0.05, 0) is 34.9 Å². The molecule has 3 rings (SSSR count). The number of rotatable bonds is 3. The Balaban J connectivity index is 1.93. The van der Waals surface area contributed by atoms with Gasteiger partial charge in [0.05, 0.1) is 6.54 Å². The van der Waals surface area contributed by atoms with Crippen molar-refractivity contribution in [2.75, 3.05) is 0 Å². The van der Waals surface area contributed by atoms with Crippen molar-refractivity contribution in [1.29, 1.82) is 0 Å². The molecule has 19 heavy (non-hydrogen) atoms. The second-order valence-corrected chi connectivity index (χ2v) is 5.14. The predicted octanol–water partition coefficient (Wildman–Crippen LogP) is 3.02. The van der Waals surface area contributed by atoms with E-state index in [-0.39, 0.29) is 5.56 Å². The minimum Gasteiger partial charge on any atom is -0.268 e. The van der Waals surface area contributed by atoms with E-state index < -0.39 is 0 Å². The monoisotopic (exact) mass is 268 g/mol. The molecule has 0 amide bonds. The number of aromatic nitrogens is 2. The van der Waals surface area contributed by atoms with Gasteiger partial charge in [0.1, 0.15) is 0 Å². The molecule has 0 radical (unpaired) electrons. The Hall–Kier alpha value is -2.20. The molecule has 0 atom stereocenters. The summed E-state index contributed by atoms with van der Waals surface area (Å²) in [4.78, 5) is 15.6. The summed E-state index contributed by atoms with van der Waals surface area (Å²) in [6, 6.07) is 13.8. The van der Waals surface area contributed by atoms with Gasteiger partial charge in [0, 0.05) is 23.8 Å². The lowest BCUT2D eigenvalue weighted by atomic mass is 10.0. The summed E-state index contributed by atoms with van der Waals surface area (Å²) in [5.74, 6) is 0. The van der Waals surface area contributed by atoms with E-state index in [0.29, 0.717) is 6.54 Å². The van der Waals surface area contributed by atoms with Gasteiger partial charge < -0.3 is 0 Å². The number of nitrogens with zero attached hydrogens (tertiary/aromatic N) is 2. The first kappa shape index (κ1) is 11.9. The van der Waals surface area contributed by atoms with Crippen LogP contribution in [0, 0.1) is 0 Å². The van der Waals surface area contributed by atoms with Crippen molar-refractivity contribution in [3.63, 3.8) is 0 Å². The van der Waals surface area contributed by atoms with Gasteiger partial charge in [0.15, 0.2) is 0 Å². The molecule has 0 bridgehead atoms. The van der Waals surface area contributed by atoms with Gasteiger partial charge in [-0.1, -0.05) is 29.7 Å². The lowest BCUT2D eigenvalue weighted by Gasteiger charge is -2.05. The van der Waals surface area contributed by atoms with Gasteiger partial charge in [-0.3, -0.25) is 13.7 Å². The van der Waals surface area contributed by atoms with Gasteiger partial charge in [0.25, 0.3) is 5.56 Å². The molecular formula is C15H12N2OS. The maximum Gasteiger partial charge on any atom is 0.260 e. The van der Waals surface area contributed by atoms with Crippen LogP contribution in [0.5, 0.6) is 0 Å². The summed E-state index contributed by atoms with van der Waals surface area (Å²) >= 11 is 1.44. The van der Waals surface area contributed by atoms with Gasteiger partial charge >= 0.3 is 0 Å². The molecule has 0 unspecified atom stereocenters. The summed E-state index contributed by atoms with van der Waals surface area (Å²) in [6.45, 7) is 0.620. The highest BCUT2D eigenvalue weighted by Gasteiger charge is 2.02. The van der Waals surface area contributed by atoms with Gasteiger partial charge in [0.2, 0.25) is 0 Å². The number of benzene rings is 1. The molecule has 0 aliphatic heterocycles. The molecule has 3 nitrogen and oxygen atoms in total. The van der Waals surface area contributed by atoms with Crippen LogP contribution in [0.15, 0.2) is 65.0 Å². The maximum absolute atomic E-state index is 11.5. The first-order valence-electron chi connectivity index (χ1n) is 5.97. The van der Waals surface area contributed by atoms with Crippen LogP contribution in [0.1, 0.15) is 5.56 Å². The molecule has 0 fully saturated rings. The zero-order chi connectivity index (χ0) is 13.1. The van der Waals surface area contributed by atoms with Crippen LogP contribution in [0.2, 0.25) is 0 Å². The Bertz CT molecular complexity index is 731. The summed E-state index contributed by atoms with van der Waals surface area (Å²) in [6.07, 6.45) is 3.57. The molecule has 0 saturated heterocycles. The van der Waals surface area contributed by atoms with Crippen LogP contribution in [0.25, 0.3) is 11.1 Å². The number of hydrogen-bond acceptors (Lipinski definition) is 3. The van der Waals surface area contributed by atoms with E-state index in [1.54, 1.807) is 22.4 Å². The van der Waals surface area contributed by atoms with Crippen LogP contribution in [0.3, 0.4) is 0 Å². The van der Waals surface area contributed by atoms with E-state index in [4.69, 9.17) is 0 Å². The topological polar surface area (TPSA) is 34.9 Å². The van der Waals surface area contributed by atoms with Crippen molar-refractivity contribution >= 4 is 11.5 Å². The number of pyridine rings is 1. The SMILES string of the molecule is O=c1ccsn1Cc1cccc(-c2ccncc2)c1. The minimum atomic E-state index is 0.0549. The average molecular weight is 268 g/mol. The van der Waals surface area contributed by atoms with E-state index in [9.17, 15) is 4.79 Å². The third kappa shape index (κ3) is 2.63. The van der Waals surface area contributed by atoms with Crippen molar-refractivity contribution in [2.24, 2.45) is 0 Å². The predicted molar refractivity (Wildman–Crippen MR) is 77.4 cm³/mol. The molecule has 2 heterocycles. The second-order valence-electron chi connectivity index (χ2n) is 4.22. The largest absolute Gasteiger partial charge is 0.268 e. The highest BCUT2D eigenvalue weighted by atomic mass is 32.1. The molecule has 0 spiro atoms. The lowest BCUT2D eigenvalue weighted by Crippen LogP contribution is -2.12. The average Bonchev–Trinajstić information content (AvgIpc) is 2.86. The van der Waals surface area contributed by atoms with E-state index in [2.05, 4.69) is 17.1 Å². The second kappa shape index (κ2) is 5.20. The van der Waals surface area contributed by atoms with Crippen LogP contribution in [-0.4, -0.2) is 8.94 Å². The molecular weight excluding hydrogens is 256 g/mol. The normalized spacial score (nSPS) is 10.5. The van der Waals surface area contributed by atoms with Crippen molar-refractivity contribution in [1.82, 2.24) is 8.94 Å². The molecule has 2 aromatic heterocycles. The summed E-state index contributed by atoms with van der Waals surface area (Å²) < 4.78 is 1.74. The van der Waals surface area contributed by atoms with E-state index in [1.165, 1.54) is 11.5 Å². The Morgan fingerprint density at radius 1 is 1.05 bits per heavy atom. The van der Waals surface area contributed by atoms with E-state index in [1.807, 2.05) is 29.6 Å². The molecule has 94 valence electrons. The van der Waals surface area contributed by atoms with Crippen molar-refractivity contribution < 1.29 is 0 Å². The Kier molecular flexibility index (Phi) is 3.25. The zero-order valence-electron chi connectivity index (χ0n) is 10.2. The van der Waals surface area contributed by atoms with Gasteiger partial charge in [-0.2, -0.15) is 0 Å². The van der Waals surface area contributed by atoms with E-state index >= 15 is 0 Å². The summed E-state index contributed by atoms with van der Waals surface area (Å²) in [7, 11) is 0. The Morgan fingerprint density at radius 3 is 2.63 bits per heavy atom. The van der Waals surface area contributed by atoms with Crippen LogP contribution in [0.4, 0.5) is 0 Å². The molecule has 0 aliphatic rings. The third-order valence-electron chi connectivity index (χ3n) is 2.91. The molecule has 0 saturated carbocycles. The fourth-order valence-electron chi connectivity index (χ4n) is 1.97. The van der Waals surface area contributed by atoms with Crippen molar-refractivity contribution in [3.8, 4) is 11.1 Å². The summed E-state index contributed by atoms with van der Waals surface area (Å²) in [5.41, 5.74) is 3.46. The number of hydrogen-bond donors (Lipinski definition) is 0. The molecule has 4 heteroatoms. The smallest absolute Gasteiger partial charge is 0.260 e. The highest BCUT2D eigenvalue weighted by molar-refractivity contribution is 7.04. The molecule has 1 aromatic carbocycles. The molecule has 0 aliphatic carbocycles. The first-order chi connectivity index (χ1) is 9.33. The highest BCUT2D eigenvalue weighted by Crippen LogP contribution is 2.19. The minimum absolute atomic E-state index is 0.0549. The van der Waals surface area contributed by atoms with Gasteiger partial charge in [-0.15, -0.1) is 0 Å². The standard InChI is InChI=1S/C15H12N2OS/c18-15-6-9-19-17(15)11-12-2-1-3-14(10-12)13-4-7-16-8-5-13/h1-10H,11H2. The van der Waals surface area contributed by atoms with Crippen molar-refractivity contribution in [3.05, 3.63) is 76.2 Å². The zero-order valence-corrected chi connectivity index (χ0v) is 11.0. The molecule has 0 N–H and O–H groups in total. The first-order valence-corrected chi connectivity index (χ1v) is 6.81. The summed E-state index contributed by atoms with van der Waals surface area (Å²) in [5, 5.41) is 1.81. The van der Waals surface area contributed by atoms with Crippen LogP contribution >= 0.6 is 11.5 Å². The fourth-order valence-corrected chi connectivity index (χ4v) is 2.68. The third-order valence-corrected chi connectivity index (χ3v) is 3.73. The Morgan fingerprint density at radius 2 is 1.89 bits per heavy atom. The quantitative estimate of drug-likeness (QED) is 0.732. The van der Waals surface area contributed by atoms with Crippen LogP contribution < -0.4 is 5.56 Å². The Labute approximate surface area is 115 Å². The van der Waals surface area contributed by atoms with E-state index in [0.717, 1.165) is 16.7 Å². The fraction of sp³-hybridized carbons (Fsp3) is 0.0667. The maximum atomic E-state index is 11.5. The van der Waals surface area contributed by atoms with Crippen molar-refractivity contribution in [2.45, 2.75) is 6.54 Å².